The maximum Gasteiger partial charge on any atom is 0.137 e. The molecule has 14 nitrogen and oxygen atoms in total. The lowest BCUT2D eigenvalue weighted by Gasteiger charge is -2.34. The molecular weight excluding hydrogens is 1060 g/mol. The number of hydrogen-bond acceptors (Lipinski definition) is 14. The van der Waals surface area contributed by atoms with Crippen molar-refractivity contribution >= 4 is 61.8 Å². The summed E-state index contributed by atoms with van der Waals surface area (Å²) < 4.78 is 79.8. The summed E-state index contributed by atoms with van der Waals surface area (Å²) in [6.07, 6.45) is 11.2. The van der Waals surface area contributed by atoms with E-state index in [4.69, 9.17) is 45.5 Å². The molecule has 0 bridgehead atoms. The maximum absolute atomic E-state index is 15.7. The molecule has 8 aromatic rings. The SMILES string of the molecule is Cc1ccnc(-c2nc3cc(F)cc(F)c3c(Cl)c2C)c1.Cc1ccnc(-c2nc3cc(F)cc(F)c3c(N3CC4(CCOCC4)c4ncc(N5CCOCC5)cc43)c2C)c1.c1nc2c(cc1N1CCOCC1)NCC21CCOCC1. The Morgan fingerprint density at radius 1 is 0.543 bits per heavy atom. The van der Waals surface area contributed by atoms with Gasteiger partial charge in [-0.3, -0.25) is 19.9 Å². The smallest absolute Gasteiger partial charge is 0.137 e. The molecule has 2 aromatic carbocycles. The van der Waals surface area contributed by atoms with E-state index in [9.17, 15) is 13.2 Å². The van der Waals surface area contributed by atoms with Gasteiger partial charge in [-0.05, 0) is 106 Å². The molecule has 6 aliphatic heterocycles. The summed E-state index contributed by atoms with van der Waals surface area (Å²) >= 11 is 6.25. The topological polar surface area (TPSA) is 136 Å². The number of morpholine rings is 2. The van der Waals surface area contributed by atoms with Crippen molar-refractivity contribution in [3.05, 3.63) is 147 Å². The number of nitrogens with one attached hydrogen (secondary N) is 1. The fourth-order valence-electron chi connectivity index (χ4n) is 12.3. The summed E-state index contributed by atoms with van der Waals surface area (Å²) in [5.74, 6) is -2.68. The highest BCUT2D eigenvalue weighted by atomic mass is 35.5. The first-order chi connectivity index (χ1) is 39.3. The lowest BCUT2D eigenvalue weighted by molar-refractivity contribution is 0.0545. The molecule has 0 radical (unpaired) electrons. The third kappa shape index (κ3) is 10.6. The van der Waals surface area contributed by atoms with Gasteiger partial charge in [-0.15, -0.1) is 0 Å². The maximum atomic E-state index is 15.7. The Kier molecular flexibility index (Phi) is 15.3. The number of pyridine rings is 6. The molecule has 6 aromatic heterocycles. The molecule has 2 spiro atoms. The van der Waals surface area contributed by atoms with Crippen LogP contribution in [0.3, 0.4) is 0 Å². The van der Waals surface area contributed by atoms with Gasteiger partial charge < -0.3 is 39.0 Å². The normalized spacial score (nSPS) is 18.1. The number of benzene rings is 2. The second kappa shape index (κ2) is 22.7. The van der Waals surface area contributed by atoms with E-state index in [-0.39, 0.29) is 32.3 Å². The van der Waals surface area contributed by atoms with Crippen molar-refractivity contribution in [2.24, 2.45) is 0 Å². The van der Waals surface area contributed by atoms with Crippen LogP contribution < -0.4 is 20.0 Å². The standard InChI is InChI=1S/C31H31F2N5O2.C16H11ClF2N2.C15H21N3O2/c1-19-3-6-34-25(13-19)28-20(2)29(27-23(33)14-21(32)15-24(27)36-28)38-18-31(4-9-39-10-5-31)30-26(38)16-22(17-35-30)37-7-11-40-12-8-37;1-8-3-4-20-13(5-8)16-9(2)15(17)14-11(19)6-10(18)7-12(14)21-16;1-5-19-6-2-15(1)11-17-13-9-12(10-16-14(13)15)18-3-7-20-8-4-18/h3,6,13-17H,4-5,7-12,18H2,1-2H3;3-7H,1-2H3;9-10,17H,1-8,11H2. The van der Waals surface area contributed by atoms with Crippen molar-refractivity contribution in [3.63, 3.8) is 0 Å². The Morgan fingerprint density at radius 3 is 1.60 bits per heavy atom. The van der Waals surface area contributed by atoms with Crippen LogP contribution in [0.25, 0.3) is 44.6 Å². The highest BCUT2D eigenvalue weighted by Crippen LogP contribution is 2.52. The summed E-state index contributed by atoms with van der Waals surface area (Å²) in [4.78, 5) is 34.6. The highest BCUT2D eigenvalue weighted by molar-refractivity contribution is 6.36. The number of hydrogen-bond donors (Lipinski definition) is 1. The van der Waals surface area contributed by atoms with Crippen LogP contribution in [0.4, 0.5) is 46.0 Å². The Balaban J connectivity index is 0.000000133. The van der Waals surface area contributed by atoms with Gasteiger partial charge in [0, 0.05) is 119 Å². The van der Waals surface area contributed by atoms with Crippen molar-refractivity contribution in [2.45, 2.75) is 64.2 Å². The van der Waals surface area contributed by atoms with Crippen LogP contribution in [0.1, 0.15) is 59.3 Å². The van der Waals surface area contributed by atoms with Crippen LogP contribution >= 0.6 is 11.6 Å². The van der Waals surface area contributed by atoms with Crippen molar-refractivity contribution in [1.82, 2.24) is 29.9 Å². The molecule has 0 atom stereocenters. The second-order valence-electron chi connectivity index (χ2n) is 21.9. The van der Waals surface area contributed by atoms with Crippen LogP contribution in [0.2, 0.25) is 5.02 Å². The molecule has 1 N–H and O–H groups in total. The third-order valence-electron chi connectivity index (χ3n) is 16.7. The van der Waals surface area contributed by atoms with E-state index in [1.54, 1.807) is 19.3 Å². The van der Waals surface area contributed by atoms with Gasteiger partial charge in [0.25, 0.3) is 0 Å². The summed E-state index contributed by atoms with van der Waals surface area (Å²) in [6.45, 7) is 18.7. The molecule has 19 heteroatoms. The number of halogens is 5. The predicted molar refractivity (Wildman–Crippen MR) is 307 cm³/mol. The highest BCUT2D eigenvalue weighted by Gasteiger charge is 2.47. The second-order valence-corrected chi connectivity index (χ2v) is 22.3. The quantitative estimate of drug-likeness (QED) is 0.164. The average Bonchev–Trinajstić information content (AvgIpc) is 4.11. The van der Waals surface area contributed by atoms with Gasteiger partial charge in [-0.25, -0.2) is 27.5 Å². The summed E-state index contributed by atoms with van der Waals surface area (Å²) in [7, 11) is 0. The fourth-order valence-corrected chi connectivity index (χ4v) is 12.6. The first kappa shape index (κ1) is 54.5. The zero-order valence-corrected chi connectivity index (χ0v) is 46.6. The van der Waals surface area contributed by atoms with Gasteiger partial charge in [0.2, 0.25) is 0 Å². The monoisotopic (exact) mass is 1120 g/mol. The van der Waals surface area contributed by atoms with Gasteiger partial charge in [0.15, 0.2) is 0 Å². The Hall–Kier alpha value is -7.09. The number of nitrogens with zero attached hydrogens (tertiary/aromatic N) is 9. The summed E-state index contributed by atoms with van der Waals surface area (Å²) in [6, 6.07) is 16.3. The molecule has 0 saturated carbocycles. The number of ether oxygens (including phenoxy) is 4. The van der Waals surface area contributed by atoms with Gasteiger partial charge in [0.05, 0.1) is 128 Å². The lowest BCUT2D eigenvalue weighted by atomic mass is 9.78. The van der Waals surface area contributed by atoms with Crippen LogP contribution in [-0.2, 0) is 29.8 Å². The van der Waals surface area contributed by atoms with Crippen LogP contribution in [0.5, 0.6) is 0 Å². The summed E-state index contributed by atoms with van der Waals surface area (Å²) in [5.41, 5.74) is 13.7. The number of aryl methyl sites for hydroxylation is 2. The zero-order chi connectivity index (χ0) is 56.0. The first-order valence-electron chi connectivity index (χ1n) is 27.7. The molecule has 4 saturated heterocycles. The first-order valence-corrected chi connectivity index (χ1v) is 28.1. The number of fused-ring (bicyclic) bond motifs is 6. The summed E-state index contributed by atoms with van der Waals surface area (Å²) in [5, 5.41) is 4.24. The van der Waals surface area contributed by atoms with Crippen LogP contribution in [0.15, 0.2) is 85.5 Å². The largest absolute Gasteiger partial charge is 0.383 e. The molecule has 6 aliphatic rings. The zero-order valence-electron chi connectivity index (χ0n) is 45.9. The minimum Gasteiger partial charge on any atom is -0.383 e. The van der Waals surface area contributed by atoms with Crippen molar-refractivity contribution in [3.8, 4) is 22.8 Å². The van der Waals surface area contributed by atoms with Crippen molar-refractivity contribution in [1.29, 1.82) is 0 Å². The molecule has 0 aliphatic carbocycles. The van der Waals surface area contributed by atoms with E-state index in [2.05, 4.69) is 47.1 Å². The molecular formula is C62H63ClF4N10O4. The van der Waals surface area contributed by atoms with Gasteiger partial charge in [-0.2, -0.15) is 0 Å². The number of anilines is 5. The molecule has 0 unspecified atom stereocenters. The third-order valence-corrected chi connectivity index (χ3v) is 17.2. The van der Waals surface area contributed by atoms with E-state index in [0.29, 0.717) is 72.4 Å². The van der Waals surface area contributed by atoms with Crippen LogP contribution in [0, 0.1) is 51.0 Å². The lowest BCUT2D eigenvalue weighted by Crippen LogP contribution is -2.38. The van der Waals surface area contributed by atoms with Crippen molar-refractivity contribution in [2.75, 3.05) is 112 Å². The number of rotatable bonds is 5. The molecule has 14 rings (SSSR count). The molecule has 81 heavy (non-hydrogen) atoms. The van der Waals surface area contributed by atoms with Crippen LogP contribution in [-0.4, -0.2) is 122 Å². The Morgan fingerprint density at radius 2 is 1.04 bits per heavy atom. The van der Waals surface area contributed by atoms with E-state index >= 15 is 4.39 Å². The minimum atomic E-state index is -0.714. The van der Waals surface area contributed by atoms with E-state index in [1.165, 1.54) is 29.2 Å². The number of aromatic nitrogens is 6. The van der Waals surface area contributed by atoms with Gasteiger partial charge in [-0.1, -0.05) is 11.6 Å². The van der Waals surface area contributed by atoms with Gasteiger partial charge in [0.1, 0.15) is 23.3 Å². The van der Waals surface area contributed by atoms with E-state index < -0.39 is 23.3 Å². The Bertz CT molecular complexity index is 3680. The molecule has 4 fully saturated rings. The molecule has 0 amide bonds. The van der Waals surface area contributed by atoms with Crippen molar-refractivity contribution < 1.29 is 36.5 Å². The van der Waals surface area contributed by atoms with E-state index in [0.717, 1.165) is 131 Å². The minimum absolute atomic E-state index is 0.131. The Labute approximate surface area is 472 Å². The fraction of sp³-hybridized carbons (Fsp3) is 0.387. The molecule has 420 valence electrons. The van der Waals surface area contributed by atoms with E-state index in [1.807, 2.05) is 57.4 Å². The molecule has 12 heterocycles. The average molecular weight is 1120 g/mol. The predicted octanol–water partition coefficient (Wildman–Crippen LogP) is 11.9. The van der Waals surface area contributed by atoms with Gasteiger partial charge >= 0.3 is 0 Å².